The van der Waals surface area contributed by atoms with Gasteiger partial charge in [0, 0.05) is 12.5 Å². The van der Waals surface area contributed by atoms with Crippen LogP contribution in [0.2, 0.25) is 5.02 Å². The molecule has 1 N–H and O–H groups in total. The van der Waals surface area contributed by atoms with E-state index in [1.54, 1.807) is 6.07 Å². The standard InChI is InChI=1S/C22H27ClN2O2/c1-17-6-2-3-7-19(17)16-25-13-10-18(11-14-25)22(26)24-12-15-27-21-9-5-4-8-20(21)23/h2-9,18H,10-16H2,1H3,(H,24,26). The largest absolute Gasteiger partial charge is 0.490 e. The van der Waals surface area contributed by atoms with Crippen molar-refractivity contribution in [2.24, 2.45) is 5.92 Å². The molecule has 0 unspecified atom stereocenters. The van der Waals surface area contributed by atoms with Gasteiger partial charge in [-0.2, -0.15) is 0 Å². The number of hydrogen-bond donors (Lipinski definition) is 1. The van der Waals surface area contributed by atoms with Crippen molar-refractivity contribution >= 4 is 17.5 Å². The molecule has 1 fully saturated rings. The summed E-state index contributed by atoms with van der Waals surface area (Å²) in [7, 11) is 0. The molecule has 0 spiro atoms. The van der Waals surface area contributed by atoms with Crippen LogP contribution >= 0.6 is 11.6 Å². The fourth-order valence-electron chi connectivity index (χ4n) is 3.42. The van der Waals surface area contributed by atoms with Crippen molar-refractivity contribution in [1.82, 2.24) is 10.2 Å². The highest BCUT2D eigenvalue weighted by atomic mass is 35.5. The van der Waals surface area contributed by atoms with E-state index < -0.39 is 0 Å². The van der Waals surface area contributed by atoms with Gasteiger partial charge in [0.15, 0.2) is 0 Å². The molecule has 144 valence electrons. The molecule has 1 heterocycles. The maximum absolute atomic E-state index is 12.4. The van der Waals surface area contributed by atoms with Gasteiger partial charge in [-0.25, -0.2) is 0 Å². The van der Waals surface area contributed by atoms with Crippen LogP contribution in [0, 0.1) is 12.8 Å². The van der Waals surface area contributed by atoms with Crippen molar-refractivity contribution in [3.63, 3.8) is 0 Å². The summed E-state index contributed by atoms with van der Waals surface area (Å²) in [6, 6.07) is 15.9. The number of amides is 1. The van der Waals surface area contributed by atoms with Gasteiger partial charge >= 0.3 is 0 Å². The Labute approximate surface area is 166 Å². The molecule has 0 saturated carbocycles. The lowest BCUT2D eigenvalue weighted by Crippen LogP contribution is -2.41. The third-order valence-corrected chi connectivity index (χ3v) is 5.42. The molecule has 0 bridgehead atoms. The lowest BCUT2D eigenvalue weighted by molar-refractivity contribution is -0.126. The quantitative estimate of drug-likeness (QED) is 0.730. The van der Waals surface area contributed by atoms with Crippen LogP contribution in [0.1, 0.15) is 24.0 Å². The minimum Gasteiger partial charge on any atom is -0.490 e. The number of benzene rings is 2. The summed E-state index contributed by atoms with van der Waals surface area (Å²) in [5.74, 6) is 0.879. The summed E-state index contributed by atoms with van der Waals surface area (Å²) >= 11 is 6.05. The predicted molar refractivity (Wildman–Crippen MR) is 109 cm³/mol. The van der Waals surface area contributed by atoms with Crippen LogP contribution in [0.25, 0.3) is 0 Å². The van der Waals surface area contributed by atoms with Crippen LogP contribution in [-0.4, -0.2) is 37.0 Å². The number of carbonyl (C=O) groups excluding carboxylic acids is 1. The zero-order valence-electron chi connectivity index (χ0n) is 15.8. The van der Waals surface area contributed by atoms with Crippen molar-refractivity contribution in [1.29, 1.82) is 0 Å². The fraction of sp³-hybridized carbons (Fsp3) is 0.409. The molecule has 5 heteroatoms. The molecule has 3 rings (SSSR count). The maximum Gasteiger partial charge on any atom is 0.223 e. The van der Waals surface area contributed by atoms with Crippen molar-refractivity contribution < 1.29 is 9.53 Å². The number of carbonyl (C=O) groups is 1. The van der Waals surface area contributed by atoms with Gasteiger partial charge < -0.3 is 10.1 Å². The van der Waals surface area contributed by atoms with E-state index in [0.29, 0.717) is 23.9 Å². The number of ether oxygens (including phenoxy) is 1. The summed E-state index contributed by atoms with van der Waals surface area (Å²) in [5.41, 5.74) is 2.70. The first kappa shape index (κ1) is 19.7. The fourth-order valence-corrected chi connectivity index (χ4v) is 3.61. The maximum atomic E-state index is 12.4. The molecule has 2 aromatic carbocycles. The lowest BCUT2D eigenvalue weighted by atomic mass is 9.95. The number of nitrogens with one attached hydrogen (secondary N) is 1. The van der Waals surface area contributed by atoms with Gasteiger partial charge in [-0.3, -0.25) is 9.69 Å². The number of rotatable bonds is 7. The van der Waals surface area contributed by atoms with E-state index in [1.807, 2.05) is 18.2 Å². The number of hydrogen-bond acceptors (Lipinski definition) is 3. The highest BCUT2D eigenvalue weighted by Gasteiger charge is 2.24. The van der Waals surface area contributed by atoms with Crippen LogP contribution in [0.5, 0.6) is 5.75 Å². The predicted octanol–water partition coefficient (Wildman–Crippen LogP) is 4.06. The number of nitrogens with zero attached hydrogens (tertiary/aromatic N) is 1. The molecular weight excluding hydrogens is 360 g/mol. The van der Waals surface area contributed by atoms with Gasteiger partial charge in [-0.15, -0.1) is 0 Å². The summed E-state index contributed by atoms with van der Waals surface area (Å²) < 4.78 is 5.61. The average Bonchev–Trinajstić information content (AvgIpc) is 2.69. The molecular formula is C22H27ClN2O2. The number of halogens is 1. The van der Waals surface area contributed by atoms with E-state index >= 15 is 0 Å². The SMILES string of the molecule is Cc1ccccc1CN1CCC(C(=O)NCCOc2ccccc2Cl)CC1. The molecule has 0 atom stereocenters. The second-order valence-corrected chi connectivity index (χ2v) is 7.45. The molecule has 1 aliphatic heterocycles. The Bertz CT molecular complexity index is 757. The molecule has 4 nitrogen and oxygen atoms in total. The lowest BCUT2D eigenvalue weighted by Gasteiger charge is -2.31. The van der Waals surface area contributed by atoms with Gasteiger partial charge in [0.05, 0.1) is 11.6 Å². The van der Waals surface area contributed by atoms with Crippen LogP contribution in [0.15, 0.2) is 48.5 Å². The molecule has 1 amide bonds. The van der Waals surface area contributed by atoms with E-state index in [2.05, 4.69) is 41.4 Å². The highest BCUT2D eigenvalue weighted by Crippen LogP contribution is 2.23. The number of piperidine rings is 1. The molecule has 0 radical (unpaired) electrons. The number of aryl methyl sites for hydroxylation is 1. The topological polar surface area (TPSA) is 41.6 Å². The van der Waals surface area contributed by atoms with Crippen LogP contribution in [0.3, 0.4) is 0 Å². The molecule has 1 saturated heterocycles. The second-order valence-electron chi connectivity index (χ2n) is 7.05. The summed E-state index contributed by atoms with van der Waals surface area (Å²) in [6.45, 7) is 5.95. The summed E-state index contributed by atoms with van der Waals surface area (Å²) in [4.78, 5) is 14.8. The first-order valence-corrected chi connectivity index (χ1v) is 9.93. The first-order valence-electron chi connectivity index (χ1n) is 9.55. The van der Waals surface area contributed by atoms with E-state index in [0.717, 1.165) is 32.5 Å². The number of para-hydroxylation sites is 1. The Balaban J connectivity index is 1.36. The van der Waals surface area contributed by atoms with Crippen molar-refractivity contribution in [3.8, 4) is 5.75 Å². The third kappa shape index (κ3) is 5.72. The molecule has 0 aromatic heterocycles. The van der Waals surface area contributed by atoms with Gasteiger partial charge in [0.1, 0.15) is 12.4 Å². The normalized spacial score (nSPS) is 15.5. The Morgan fingerprint density at radius 3 is 2.59 bits per heavy atom. The Hall–Kier alpha value is -2.04. The monoisotopic (exact) mass is 386 g/mol. The second kappa shape index (κ2) is 9.77. The van der Waals surface area contributed by atoms with E-state index in [-0.39, 0.29) is 11.8 Å². The van der Waals surface area contributed by atoms with Gasteiger partial charge in [-0.05, 0) is 56.1 Å². The highest BCUT2D eigenvalue weighted by molar-refractivity contribution is 6.32. The van der Waals surface area contributed by atoms with Gasteiger partial charge in [0.25, 0.3) is 0 Å². The summed E-state index contributed by atoms with van der Waals surface area (Å²) in [6.07, 6.45) is 1.81. The Morgan fingerprint density at radius 1 is 1.15 bits per heavy atom. The Morgan fingerprint density at radius 2 is 1.85 bits per heavy atom. The molecule has 1 aliphatic rings. The molecule has 27 heavy (non-hydrogen) atoms. The summed E-state index contributed by atoms with van der Waals surface area (Å²) in [5, 5.41) is 3.58. The zero-order valence-corrected chi connectivity index (χ0v) is 16.5. The minimum atomic E-state index is 0.0958. The number of likely N-dealkylation sites (tertiary alicyclic amines) is 1. The average molecular weight is 387 g/mol. The Kier molecular flexibility index (Phi) is 7.13. The minimum absolute atomic E-state index is 0.0958. The van der Waals surface area contributed by atoms with Crippen LogP contribution in [0.4, 0.5) is 0 Å². The zero-order chi connectivity index (χ0) is 19.1. The third-order valence-electron chi connectivity index (χ3n) is 5.11. The van der Waals surface area contributed by atoms with Crippen molar-refractivity contribution in [2.75, 3.05) is 26.2 Å². The van der Waals surface area contributed by atoms with Crippen LogP contribution in [-0.2, 0) is 11.3 Å². The van der Waals surface area contributed by atoms with Crippen molar-refractivity contribution in [3.05, 3.63) is 64.7 Å². The molecule has 2 aromatic rings. The van der Waals surface area contributed by atoms with Crippen molar-refractivity contribution in [2.45, 2.75) is 26.3 Å². The first-order chi connectivity index (χ1) is 13.1. The van der Waals surface area contributed by atoms with Gasteiger partial charge in [0.2, 0.25) is 5.91 Å². The van der Waals surface area contributed by atoms with E-state index in [1.165, 1.54) is 11.1 Å². The van der Waals surface area contributed by atoms with Gasteiger partial charge in [-0.1, -0.05) is 48.0 Å². The smallest absolute Gasteiger partial charge is 0.223 e. The van der Waals surface area contributed by atoms with E-state index in [4.69, 9.17) is 16.3 Å². The molecule has 0 aliphatic carbocycles. The van der Waals surface area contributed by atoms with E-state index in [9.17, 15) is 4.79 Å². The van der Waals surface area contributed by atoms with Crippen LogP contribution < -0.4 is 10.1 Å².